The van der Waals surface area contributed by atoms with Gasteiger partial charge in [0.15, 0.2) is 5.13 Å². The highest BCUT2D eigenvalue weighted by Crippen LogP contribution is 2.48. The van der Waals surface area contributed by atoms with Gasteiger partial charge in [0.25, 0.3) is 0 Å². The zero-order valence-corrected chi connectivity index (χ0v) is 12.7. The second-order valence-electron chi connectivity index (χ2n) is 5.40. The fourth-order valence-corrected chi connectivity index (χ4v) is 3.08. The maximum absolute atomic E-state index is 9.04. The molecule has 0 saturated heterocycles. The molecular weight excluding hydrogens is 262 g/mol. The van der Waals surface area contributed by atoms with E-state index in [1.165, 1.54) is 12.8 Å². The van der Waals surface area contributed by atoms with Gasteiger partial charge in [0, 0.05) is 33.8 Å². The monoisotopic (exact) mass is 285 g/mol. The van der Waals surface area contributed by atoms with Crippen molar-refractivity contribution in [3.8, 4) is 5.88 Å². The number of aliphatic hydroxyl groups excluding tert-OH is 1. The molecule has 1 aromatic rings. The second kappa shape index (κ2) is 6.07. The van der Waals surface area contributed by atoms with Gasteiger partial charge in [-0.3, -0.25) is 0 Å². The molecule has 0 radical (unpaired) electrons. The summed E-state index contributed by atoms with van der Waals surface area (Å²) >= 11 is 1.65. The van der Waals surface area contributed by atoms with Gasteiger partial charge in [0.1, 0.15) is 0 Å². The second-order valence-corrected chi connectivity index (χ2v) is 6.46. The Bertz CT molecular complexity index is 416. The summed E-state index contributed by atoms with van der Waals surface area (Å²) in [5.41, 5.74) is 0.344. The molecule has 0 atom stereocenters. The average Bonchev–Trinajstić information content (AvgIpc) is 3.00. The van der Waals surface area contributed by atoms with E-state index < -0.39 is 0 Å². The van der Waals surface area contributed by atoms with Crippen LogP contribution in [-0.4, -0.2) is 44.4 Å². The van der Waals surface area contributed by atoms with E-state index in [0.29, 0.717) is 11.3 Å². The van der Waals surface area contributed by atoms with Crippen molar-refractivity contribution in [2.24, 2.45) is 5.41 Å². The minimum atomic E-state index is 0.288. The van der Waals surface area contributed by atoms with Crippen LogP contribution in [0.1, 0.15) is 24.1 Å². The Morgan fingerprint density at radius 1 is 1.47 bits per heavy atom. The number of ether oxygens (including phenoxy) is 1. The average molecular weight is 285 g/mol. The minimum Gasteiger partial charge on any atom is -0.480 e. The van der Waals surface area contributed by atoms with E-state index in [4.69, 9.17) is 9.84 Å². The number of thiazole rings is 1. The van der Waals surface area contributed by atoms with Gasteiger partial charge in [0.05, 0.1) is 12.0 Å². The lowest BCUT2D eigenvalue weighted by Crippen LogP contribution is -2.24. The standard InChI is InChI=1S/C13H23N3O2S/c1-16(2)12-15-11(18-3)10(19-12)8-14-9-13(4-5-13)6-7-17/h14,17H,4-9H2,1-3H3. The smallest absolute Gasteiger partial charge is 0.230 e. The van der Waals surface area contributed by atoms with Crippen molar-refractivity contribution in [1.82, 2.24) is 10.3 Å². The number of aliphatic hydroxyl groups is 1. The Morgan fingerprint density at radius 2 is 2.21 bits per heavy atom. The number of aromatic nitrogens is 1. The molecular formula is C13H23N3O2S. The molecule has 5 nitrogen and oxygen atoms in total. The maximum atomic E-state index is 9.04. The zero-order chi connectivity index (χ0) is 13.9. The third-order valence-electron chi connectivity index (χ3n) is 3.61. The molecule has 0 aliphatic heterocycles. The molecule has 19 heavy (non-hydrogen) atoms. The molecule has 6 heteroatoms. The van der Waals surface area contributed by atoms with Crippen molar-refractivity contribution >= 4 is 16.5 Å². The topological polar surface area (TPSA) is 57.6 Å². The third-order valence-corrected chi connectivity index (χ3v) is 4.82. The van der Waals surface area contributed by atoms with Gasteiger partial charge in [-0.2, -0.15) is 4.98 Å². The van der Waals surface area contributed by atoms with Gasteiger partial charge in [-0.15, -0.1) is 0 Å². The van der Waals surface area contributed by atoms with E-state index in [1.54, 1.807) is 18.4 Å². The molecule has 2 N–H and O–H groups in total. The van der Waals surface area contributed by atoms with Gasteiger partial charge in [0.2, 0.25) is 5.88 Å². The van der Waals surface area contributed by atoms with Crippen molar-refractivity contribution in [3.63, 3.8) is 0 Å². The quantitative estimate of drug-likeness (QED) is 0.757. The van der Waals surface area contributed by atoms with Crippen LogP contribution < -0.4 is 15.0 Å². The third kappa shape index (κ3) is 3.58. The number of hydrogen-bond donors (Lipinski definition) is 2. The molecule has 1 saturated carbocycles. The van der Waals surface area contributed by atoms with Crippen molar-refractivity contribution < 1.29 is 9.84 Å². The number of hydrogen-bond acceptors (Lipinski definition) is 6. The van der Waals surface area contributed by atoms with E-state index in [0.717, 1.165) is 29.5 Å². The first-order valence-corrected chi connectivity index (χ1v) is 7.44. The van der Waals surface area contributed by atoms with Crippen molar-refractivity contribution in [3.05, 3.63) is 4.88 Å². The predicted octanol–water partition coefficient (Wildman–Crippen LogP) is 1.47. The Balaban J connectivity index is 1.88. The van der Waals surface area contributed by atoms with Crippen LogP contribution in [0, 0.1) is 5.41 Å². The van der Waals surface area contributed by atoms with E-state index in [-0.39, 0.29) is 6.61 Å². The van der Waals surface area contributed by atoms with Gasteiger partial charge < -0.3 is 20.1 Å². The van der Waals surface area contributed by atoms with Crippen molar-refractivity contribution in [2.45, 2.75) is 25.8 Å². The van der Waals surface area contributed by atoms with Crippen LogP contribution in [0.2, 0.25) is 0 Å². The number of anilines is 1. The molecule has 1 aromatic heterocycles. The van der Waals surface area contributed by atoms with Crippen LogP contribution in [0.15, 0.2) is 0 Å². The van der Waals surface area contributed by atoms with Gasteiger partial charge >= 0.3 is 0 Å². The van der Waals surface area contributed by atoms with E-state index in [9.17, 15) is 0 Å². The lowest BCUT2D eigenvalue weighted by atomic mass is 10.0. The molecule has 108 valence electrons. The van der Waals surface area contributed by atoms with Crippen molar-refractivity contribution in [1.29, 1.82) is 0 Å². The molecule has 0 unspecified atom stereocenters. The van der Waals surface area contributed by atoms with E-state index in [1.807, 2.05) is 19.0 Å². The lowest BCUT2D eigenvalue weighted by Gasteiger charge is -2.14. The fraction of sp³-hybridized carbons (Fsp3) is 0.769. The summed E-state index contributed by atoms with van der Waals surface area (Å²) in [7, 11) is 5.62. The molecule has 2 rings (SSSR count). The first-order chi connectivity index (χ1) is 9.10. The lowest BCUT2D eigenvalue weighted by molar-refractivity contribution is 0.245. The molecule has 1 fully saturated rings. The molecule has 1 heterocycles. The van der Waals surface area contributed by atoms with Gasteiger partial charge in [-0.25, -0.2) is 0 Å². The molecule has 0 spiro atoms. The number of nitrogens with zero attached hydrogens (tertiary/aromatic N) is 2. The molecule has 1 aliphatic rings. The summed E-state index contributed by atoms with van der Waals surface area (Å²) in [6, 6.07) is 0. The highest BCUT2D eigenvalue weighted by atomic mass is 32.1. The summed E-state index contributed by atoms with van der Waals surface area (Å²) < 4.78 is 5.31. The maximum Gasteiger partial charge on any atom is 0.230 e. The first kappa shape index (κ1) is 14.6. The summed E-state index contributed by atoms with van der Waals surface area (Å²) in [4.78, 5) is 7.56. The summed E-state index contributed by atoms with van der Waals surface area (Å²) in [5, 5.41) is 13.5. The largest absolute Gasteiger partial charge is 0.480 e. The normalized spacial score (nSPS) is 16.4. The molecule has 0 bridgehead atoms. The molecule has 1 aliphatic carbocycles. The summed E-state index contributed by atoms with van der Waals surface area (Å²) in [6.07, 6.45) is 3.36. The van der Waals surface area contributed by atoms with E-state index >= 15 is 0 Å². The highest BCUT2D eigenvalue weighted by molar-refractivity contribution is 7.15. The summed E-state index contributed by atoms with van der Waals surface area (Å²) in [6.45, 7) is 2.03. The Labute approximate surface area is 118 Å². The molecule has 0 amide bonds. The Morgan fingerprint density at radius 3 is 2.74 bits per heavy atom. The van der Waals surface area contributed by atoms with Crippen LogP contribution in [0.4, 0.5) is 5.13 Å². The van der Waals surface area contributed by atoms with Crippen LogP contribution in [-0.2, 0) is 6.54 Å². The number of methoxy groups -OCH3 is 1. The van der Waals surface area contributed by atoms with Gasteiger partial charge in [-0.05, 0) is 24.7 Å². The van der Waals surface area contributed by atoms with E-state index in [2.05, 4.69) is 10.3 Å². The Kier molecular flexibility index (Phi) is 4.65. The highest BCUT2D eigenvalue weighted by Gasteiger charge is 2.41. The SMILES string of the molecule is COc1nc(N(C)C)sc1CNCC1(CCO)CC1. The molecule has 0 aromatic carbocycles. The van der Waals surface area contributed by atoms with Gasteiger partial charge in [-0.1, -0.05) is 11.3 Å². The van der Waals surface area contributed by atoms with Crippen LogP contribution >= 0.6 is 11.3 Å². The van der Waals surface area contributed by atoms with Crippen LogP contribution in [0.5, 0.6) is 5.88 Å². The number of nitrogens with one attached hydrogen (secondary N) is 1. The zero-order valence-electron chi connectivity index (χ0n) is 11.9. The Hall–Kier alpha value is -0.850. The van der Waals surface area contributed by atoms with Crippen molar-refractivity contribution in [2.75, 3.05) is 39.3 Å². The van der Waals surface area contributed by atoms with Crippen LogP contribution in [0.3, 0.4) is 0 Å². The minimum absolute atomic E-state index is 0.288. The predicted molar refractivity (Wildman–Crippen MR) is 78.1 cm³/mol. The number of rotatable bonds is 8. The van der Waals surface area contributed by atoms with Crippen LogP contribution in [0.25, 0.3) is 0 Å². The fourth-order valence-electron chi connectivity index (χ4n) is 2.16. The first-order valence-electron chi connectivity index (χ1n) is 6.63. The summed E-state index contributed by atoms with van der Waals surface area (Å²) in [5.74, 6) is 0.716.